The van der Waals surface area contributed by atoms with Crippen molar-refractivity contribution >= 4 is 39.8 Å². The average Bonchev–Trinajstić information content (AvgIpc) is 2.42. The van der Waals surface area contributed by atoms with Crippen molar-refractivity contribution in [3.05, 3.63) is 0 Å². The number of rotatable bonds is 5. The zero-order valence-corrected chi connectivity index (χ0v) is 17.9. The number of carbonyl (C=O) groups is 3. The van der Waals surface area contributed by atoms with Crippen LogP contribution in [-0.4, -0.2) is 75.8 Å². The minimum Gasteiger partial charge on any atom is 1.00 e. The van der Waals surface area contributed by atoms with E-state index >= 15 is 0 Å². The molecule has 9 nitrogen and oxygen atoms in total. The van der Waals surface area contributed by atoms with Crippen LogP contribution in [0.4, 0.5) is 0 Å². The molecule has 0 spiro atoms. The van der Waals surface area contributed by atoms with E-state index in [2.05, 4.69) is 21.0 Å². The molecule has 145 valence electrons. The molecule has 11 heteroatoms. The maximum Gasteiger partial charge on any atom is 1.00 e. The van der Waals surface area contributed by atoms with Crippen LogP contribution in [-0.2, 0) is 55.7 Å². The molecule has 0 aromatic carbocycles. The van der Waals surface area contributed by atoms with Gasteiger partial charge in [-0.2, -0.15) is 0 Å². The molecule has 0 bridgehead atoms. The molecule has 0 amide bonds. The van der Waals surface area contributed by atoms with Crippen molar-refractivity contribution in [1.29, 1.82) is 0 Å². The predicted octanol–water partition coefficient (Wildman–Crippen LogP) is -1.55. The molecule has 1 aliphatic rings. The third-order valence-corrected chi connectivity index (χ3v) is 3.82. The first-order chi connectivity index (χ1) is 11.1. The topological polar surface area (TPSA) is 124 Å². The summed E-state index contributed by atoms with van der Waals surface area (Å²) in [5, 5.41) is 10.6. The first-order valence-corrected chi connectivity index (χ1v) is 8.11. The van der Waals surface area contributed by atoms with Crippen molar-refractivity contribution in [2.75, 3.05) is 6.61 Å². The SMILES string of the molecule is CC(=O)OCC1OC([Se])C(N=C(C)[O-])C(OC(C)=O)C1OC(C)=O.[Au+]. The van der Waals surface area contributed by atoms with Gasteiger partial charge in [0.15, 0.2) is 0 Å². The fraction of sp³-hybridized carbons (Fsp3) is 0.714. The van der Waals surface area contributed by atoms with Gasteiger partial charge in [0.25, 0.3) is 0 Å². The van der Waals surface area contributed by atoms with Crippen LogP contribution in [0.15, 0.2) is 4.99 Å². The molecule has 1 saturated heterocycles. The van der Waals surface area contributed by atoms with Crippen LogP contribution < -0.4 is 5.11 Å². The summed E-state index contributed by atoms with van der Waals surface area (Å²) < 4.78 is 20.9. The second-order valence-electron chi connectivity index (χ2n) is 5.13. The minimum absolute atomic E-state index is 0. The second kappa shape index (κ2) is 10.9. The van der Waals surface area contributed by atoms with Gasteiger partial charge in [-0.15, -0.1) is 0 Å². The van der Waals surface area contributed by atoms with Crippen molar-refractivity contribution in [3.8, 4) is 0 Å². The first-order valence-electron chi connectivity index (χ1n) is 7.12. The van der Waals surface area contributed by atoms with Gasteiger partial charge in [-0.3, -0.25) is 0 Å². The van der Waals surface area contributed by atoms with Gasteiger partial charge < -0.3 is 0 Å². The van der Waals surface area contributed by atoms with Gasteiger partial charge in [0.05, 0.1) is 0 Å². The Morgan fingerprint density at radius 3 is 2.00 bits per heavy atom. The van der Waals surface area contributed by atoms with Crippen molar-refractivity contribution in [3.63, 3.8) is 0 Å². The van der Waals surface area contributed by atoms with E-state index in [-0.39, 0.29) is 29.0 Å². The van der Waals surface area contributed by atoms with Crippen molar-refractivity contribution in [1.82, 2.24) is 0 Å². The van der Waals surface area contributed by atoms with Crippen molar-refractivity contribution < 1.29 is 60.8 Å². The van der Waals surface area contributed by atoms with Crippen LogP contribution in [0.1, 0.15) is 27.7 Å². The predicted molar refractivity (Wildman–Crippen MR) is 79.1 cm³/mol. The van der Waals surface area contributed by atoms with E-state index in [4.69, 9.17) is 18.9 Å². The molecule has 0 aliphatic carbocycles. The number of hydrogen-bond donors (Lipinski definition) is 0. The molecule has 0 saturated carbocycles. The molecule has 0 aromatic heterocycles. The number of ether oxygens (including phenoxy) is 4. The van der Waals surface area contributed by atoms with E-state index in [1.54, 1.807) is 0 Å². The van der Waals surface area contributed by atoms with E-state index in [1.165, 1.54) is 27.7 Å². The Morgan fingerprint density at radius 2 is 1.56 bits per heavy atom. The molecule has 0 N–H and O–H groups in total. The largest absolute Gasteiger partial charge is 1.00 e. The Bertz CT molecular complexity index is 525. The summed E-state index contributed by atoms with van der Waals surface area (Å²) in [6.07, 6.45) is -3.02. The number of nitrogens with zero attached hydrogens (tertiary/aromatic N) is 1. The number of esters is 3. The van der Waals surface area contributed by atoms with E-state index in [0.29, 0.717) is 0 Å². The van der Waals surface area contributed by atoms with Gasteiger partial charge in [-0.05, 0) is 0 Å². The molecule has 1 heterocycles. The molecular formula is C14H19AuNO8Se. The molecule has 5 atom stereocenters. The average molecular weight is 605 g/mol. The fourth-order valence-electron chi connectivity index (χ4n) is 2.23. The quantitative estimate of drug-likeness (QED) is 0.122. The van der Waals surface area contributed by atoms with Crippen LogP contribution in [0.3, 0.4) is 0 Å². The minimum atomic E-state index is -1.08. The maximum absolute atomic E-state index is 11.4. The number of aliphatic imine (C=N–C) groups is 1. The Balaban J connectivity index is 0.00000576. The van der Waals surface area contributed by atoms with Gasteiger partial charge in [0.2, 0.25) is 0 Å². The van der Waals surface area contributed by atoms with Crippen LogP contribution in [0.2, 0.25) is 0 Å². The number of carbonyl (C=O) groups excluding carboxylic acids is 3. The third kappa shape index (κ3) is 7.89. The van der Waals surface area contributed by atoms with Crippen molar-refractivity contribution in [2.45, 2.75) is 57.1 Å². The van der Waals surface area contributed by atoms with Crippen molar-refractivity contribution in [2.24, 2.45) is 4.99 Å². The second-order valence-corrected chi connectivity index (χ2v) is 6.11. The monoisotopic (exact) mass is 606 g/mol. The zero-order valence-electron chi connectivity index (χ0n) is 14.0. The summed E-state index contributed by atoms with van der Waals surface area (Å²) in [5.41, 5.74) is 0. The van der Waals surface area contributed by atoms with Crippen LogP contribution in [0, 0.1) is 0 Å². The molecule has 25 heavy (non-hydrogen) atoms. The van der Waals surface area contributed by atoms with Crippen LogP contribution >= 0.6 is 0 Å². The fourth-order valence-corrected chi connectivity index (χ4v) is 2.98. The molecule has 1 aliphatic heterocycles. The molecular weight excluding hydrogens is 586 g/mol. The summed E-state index contributed by atoms with van der Waals surface area (Å²) in [4.78, 5) is 37.7. The molecule has 5 unspecified atom stereocenters. The Kier molecular flexibility index (Phi) is 10.6. The zero-order chi connectivity index (χ0) is 18.4. The van der Waals surface area contributed by atoms with Gasteiger partial charge in [-0.1, -0.05) is 0 Å². The summed E-state index contributed by atoms with van der Waals surface area (Å²) in [7, 11) is 0. The van der Waals surface area contributed by atoms with E-state index in [9.17, 15) is 19.5 Å². The Labute approximate surface area is 169 Å². The maximum atomic E-state index is 11.4. The first kappa shape index (κ1) is 24.1. The van der Waals surface area contributed by atoms with Gasteiger partial charge in [0.1, 0.15) is 0 Å². The Morgan fingerprint density at radius 1 is 1.04 bits per heavy atom. The smallest absolute Gasteiger partial charge is 1.00 e. The summed E-state index contributed by atoms with van der Waals surface area (Å²) in [6, 6.07) is -0.899. The molecule has 0 aromatic rings. The number of hydrogen-bond acceptors (Lipinski definition) is 9. The normalized spacial score (nSPS) is 29.2. The van der Waals surface area contributed by atoms with E-state index in [0.717, 1.165) is 0 Å². The molecule has 1 rings (SSSR count). The standard InChI is InChI=1S/C14H20NO8Se.Au/c1-6(16)15-11-13(22-9(4)19)12(21-8(3)18)10(23-14(11)24)5-20-7(2)17;/h10-14H,5H2,1-4H3,(H,15,16);/q;+1/p-1. The summed E-state index contributed by atoms with van der Waals surface area (Å²) in [5.74, 6) is -2.33. The van der Waals surface area contributed by atoms with Gasteiger partial charge in [-0.25, -0.2) is 0 Å². The summed E-state index contributed by atoms with van der Waals surface area (Å²) >= 11 is 2.69. The van der Waals surface area contributed by atoms with Crippen LogP contribution in [0.5, 0.6) is 0 Å². The summed E-state index contributed by atoms with van der Waals surface area (Å²) in [6.45, 7) is 4.60. The van der Waals surface area contributed by atoms with Gasteiger partial charge in [0, 0.05) is 0 Å². The third-order valence-electron chi connectivity index (χ3n) is 3.00. The van der Waals surface area contributed by atoms with Gasteiger partial charge >= 0.3 is 169 Å². The van der Waals surface area contributed by atoms with E-state index in [1.807, 2.05) is 0 Å². The van der Waals surface area contributed by atoms with Crippen LogP contribution in [0.25, 0.3) is 0 Å². The molecule has 1 radical (unpaired) electrons. The Hall–Kier alpha value is -0.900. The molecule has 1 fully saturated rings. The van der Waals surface area contributed by atoms with E-state index < -0.39 is 53.2 Å².